The Labute approximate surface area is 138 Å². The van der Waals surface area contributed by atoms with Gasteiger partial charge in [-0.1, -0.05) is 18.2 Å². The van der Waals surface area contributed by atoms with Gasteiger partial charge >= 0.3 is 0 Å². The van der Waals surface area contributed by atoms with Crippen molar-refractivity contribution in [1.82, 2.24) is 15.1 Å². The van der Waals surface area contributed by atoms with Crippen LogP contribution in [0, 0.1) is 0 Å². The molecule has 1 atom stereocenters. The van der Waals surface area contributed by atoms with Gasteiger partial charge in [-0.2, -0.15) is 0 Å². The van der Waals surface area contributed by atoms with Gasteiger partial charge in [0.05, 0.1) is 25.8 Å². The molecule has 6 nitrogen and oxygen atoms in total. The standard InChI is InChI=1S/C17H27N3O3/c1-19(2)12-16-13-20(9-11-23-16)14-17(21)18-8-10-22-15-6-4-3-5-7-15/h3-7,16H,8-14H2,1-2H3,(H,18,21)/t16-/m0/s1. The van der Waals surface area contributed by atoms with Crippen molar-refractivity contribution < 1.29 is 14.3 Å². The highest BCUT2D eigenvalue weighted by molar-refractivity contribution is 5.78. The van der Waals surface area contributed by atoms with Crippen molar-refractivity contribution in [2.75, 3.05) is 60.0 Å². The maximum Gasteiger partial charge on any atom is 0.234 e. The number of morpholine rings is 1. The molecule has 128 valence electrons. The van der Waals surface area contributed by atoms with Gasteiger partial charge in [0.25, 0.3) is 0 Å². The molecular formula is C17H27N3O3. The minimum atomic E-state index is 0.0344. The van der Waals surface area contributed by atoms with Crippen molar-refractivity contribution in [1.29, 1.82) is 0 Å². The second-order valence-electron chi connectivity index (χ2n) is 6.00. The van der Waals surface area contributed by atoms with Gasteiger partial charge in [0.2, 0.25) is 5.91 Å². The van der Waals surface area contributed by atoms with Gasteiger partial charge in [-0.3, -0.25) is 9.69 Å². The summed E-state index contributed by atoms with van der Waals surface area (Å²) in [7, 11) is 4.06. The molecule has 2 rings (SSSR count). The van der Waals surface area contributed by atoms with E-state index < -0.39 is 0 Å². The fourth-order valence-electron chi connectivity index (χ4n) is 2.58. The van der Waals surface area contributed by atoms with Crippen molar-refractivity contribution in [2.24, 2.45) is 0 Å². The minimum absolute atomic E-state index is 0.0344. The van der Waals surface area contributed by atoms with E-state index in [1.54, 1.807) is 0 Å². The number of ether oxygens (including phenoxy) is 2. The first-order valence-electron chi connectivity index (χ1n) is 8.06. The Kier molecular flexibility index (Phi) is 7.32. The van der Waals surface area contributed by atoms with E-state index in [0.717, 1.165) is 25.4 Å². The monoisotopic (exact) mass is 321 g/mol. The van der Waals surface area contributed by atoms with Gasteiger partial charge in [0.15, 0.2) is 0 Å². The Morgan fingerprint density at radius 3 is 2.91 bits per heavy atom. The second-order valence-corrected chi connectivity index (χ2v) is 6.00. The molecule has 1 aliphatic rings. The molecule has 1 fully saturated rings. The van der Waals surface area contributed by atoms with Crippen LogP contribution in [0.3, 0.4) is 0 Å². The Bertz CT molecular complexity index is 467. The SMILES string of the molecule is CN(C)C[C@H]1CN(CC(=O)NCCOc2ccccc2)CCO1. The number of para-hydroxylation sites is 1. The van der Waals surface area contributed by atoms with Crippen LogP contribution in [0.5, 0.6) is 5.75 Å². The molecule has 6 heteroatoms. The van der Waals surface area contributed by atoms with Gasteiger partial charge < -0.3 is 19.7 Å². The Morgan fingerprint density at radius 2 is 2.17 bits per heavy atom. The molecule has 1 saturated heterocycles. The maximum absolute atomic E-state index is 12.0. The van der Waals surface area contributed by atoms with Crippen LogP contribution in [0.25, 0.3) is 0 Å². The lowest BCUT2D eigenvalue weighted by molar-refractivity contribution is -0.124. The molecule has 23 heavy (non-hydrogen) atoms. The average Bonchev–Trinajstić information content (AvgIpc) is 2.52. The van der Waals surface area contributed by atoms with Crippen LogP contribution < -0.4 is 10.1 Å². The molecule has 0 unspecified atom stereocenters. The average molecular weight is 321 g/mol. The number of amides is 1. The normalized spacial score (nSPS) is 18.8. The van der Waals surface area contributed by atoms with Crippen molar-refractivity contribution in [3.05, 3.63) is 30.3 Å². The zero-order valence-electron chi connectivity index (χ0n) is 14.0. The number of hydrogen-bond acceptors (Lipinski definition) is 5. The van der Waals surface area contributed by atoms with Crippen LogP contribution in [0.15, 0.2) is 30.3 Å². The first kappa shape index (κ1) is 17.7. The van der Waals surface area contributed by atoms with Crippen molar-refractivity contribution >= 4 is 5.91 Å². The summed E-state index contributed by atoms with van der Waals surface area (Å²) in [6.07, 6.45) is 0.174. The fraction of sp³-hybridized carbons (Fsp3) is 0.588. The van der Waals surface area contributed by atoms with Crippen LogP contribution in [0.4, 0.5) is 0 Å². The van der Waals surface area contributed by atoms with Gasteiger partial charge in [-0.15, -0.1) is 0 Å². The number of nitrogens with one attached hydrogen (secondary N) is 1. The summed E-state index contributed by atoms with van der Waals surface area (Å²) in [6, 6.07) is 9.61. The van der Waals surface area contributed by atoms with E-state index in [1.807, 2.05) is 44.4 Å². The Hall–Kier alpha value is -1.63. The molecule has 1 heterocycles. The molecule has 1 N–H and O–H groups in total. The number of carbonyl (C=O) groups excluding carboxylic acids is 1. The van der Waals surface area contributed by atoms with E-state index in [9.17, 15) is 4.79 Å². The molecule has 1 amide bonds. The van der Waals surface area contributed by atoms with Gasteiger partial charge in [-0.05, 0) is 26.2 Å². The summed E-state index contributed by atoms with van der Waals surface area (Å²) < 4.78 is 11.3. The molecule has 0 bridgehead atoms. The predicted molar refractivity (Wildman–Crippen MR) is 89.7 cm³/mol. The third kappa shape index (κ3) is 6.99. The lowest BCUT2D eigenvalue weighted by Crippen LogP contribution is -2.49. The van der Waals surface area contributed by atoms with Gasteiger partial charge in [-0.25, -0.2) is 0 Å². The molecule has 0 saturated carbocycles. The third-order valence-electron chi connectivity index (χ3n) is 3.60. The van der Waals surface area contributed by atoms with Crippen molar-refractivity contribution in [3.63, 3.8) is 0 Å². The maximum atomic E-state index is 12.0. The van der Waals surface area contributed by atoms with Crippen LogP contribution in [0.1, 0.15) is 0 Å². The van der Waals surface area contributed by atoms with E-state index in [-0.39, 0.29) is 12.0 Å². The van der Waals surface area contributed by atoms with E-state index in [2.05, 4.69) is 15.1 Å². The topological polar surface area (TPSA) is 54.0 Å². The number of nitrogens with zero attached hydrogens (tertiary/aromatic N) is 2. The molecule has 0 aliphatic carbocycles. The van der Waals surface area contributed by atoms with Crippen LogP contribution in [0.2, 0.25) is 0 Å². The summed E-state index contributed by atoms with van der Waals surface area (Å²) >= 11 is 0. The number of likely N-dealkylation sites (N-methyl/N-ethyl adjacent to an activating group) is 1. The highest BCUT2D eigenvalue weighted by Crippen LogP contribution is 2.07. The lowest BCUT2D eigenvalue weighted by Gasteiger charge is -2.33. The smallest absolute Gasteiger partial charge is 0.234 e. The molecule has 0 aromatic heterocycles. The Morgan fingerprint density at radius 1 is 1.39 bits per heavy atom. The highest BCUT2D eigenvalue weighted by atomic mass is 16.5. The molecular weight excluding hydrogens is 294 g/mol. The summed E-state index contributed by atoms with van der Waals surface area (Å²) in [4.78, 5) is 16.2. The number of carbonyl (C=O) groups is 1. The summed E-state index contributed by atoms with van der Waals surface area (Å²) in [5.74, 6) is 0.855. The summed E-state index contributed by atoms with van der Waals surface area (Å²) in [5, 5.41) is 2.90. The largest absolute Gasteiger partial charge is 0.492 e. The second kappa shape index (κ2) is 9.50. The molecule has 1 aromatic rings. The van der Waals surface area contributed by atoms with Crippen molar-refractivity contribution in [3.8, 4) is 5.75 Å². The quantitative estimate of drug-likeness (QED) is 0.705. The lowest BCUT2D eigenvalue weighted by atomic mass is 10.2. The number of benzene rings is 1. The number of rotatable bonds is 8. The fourth-order valence-corrected chi connectivity index (χ4v) is 2.58. The zero-order chi connectivity index (χ0) is 16.5. The minimum Gasteiger partial charge on any atom is -0.492 e. The van der Waals surface area contributed by atoms with Crippen LogP contribution in [-0.2, 0) is 9.53 Å². The van der Waals surface area contributed by atoms with Gasteiger partial charge in [0.1, 0.15) is 12.4 Å². The summed E-state index contributed by atoms with van der Waals surface area (Å²) in [5.41, 5.74) is 0. The van der Waals surface area contributed by atoms with Gasteiger partial charge in [0, 0.05) is 19.6 Å². The predicted octanol–water partition coefficient (Wildman–Crippen LogP) is 0.444. The van der Waals surface area contributed by atoms with E-state index >= 15 is 0 Å². The van der Waals surface area contributed by atoms with E-state index in [1.165, 1.54) is 0 Å². The van der Waals surface area contributed by atoms with E-state index in [4.69, 9.17) is 9.47 Å². The summed E-state index contributed by atoms with van der Waals surface area (Å²) in [6.45, 7) is 4.57. The Balaban J connectivity index is 1.60. The van der Waals surface area contributed by atoms with Crippen LogP contribution >= 0.6 is 0 Å². The van der Waals surface area contributed by atoms with Crippen LogP contribution in [-0.4, -0.2) is 81.8 Å². The first-order valence-corrected chi connectivity index (χ1v) is 8.06. The molecule has 1 aromatic carbocycles. The molecule has 0 spiro atoms. The highest BCUT2D eigenvalue weighted by Gasteiger charge is 2.22. The van der Waals surface area contributed by atoms with Crippen molar-refractivity contribution in [2.45, 2.75) is 6.10 Å². The van der Waals surface area contributed by atoms with E-state index in [0.29, 0.717) is 26.3 Å². The first-order chi connectivity index (χ1) is 11.1. The number of hydrogen-bond donors (Lipinski definition) is 1. The third-order valence-corrected chi connectivity index (χ3v) is 3.60. The molecule has 0 radical (unpaired) electrons. The zero-order valence-corrected chi connectivity index (χ0v) is 14.0. The molecule has 1 aliphatic heterocycles.